The highest BCUT2D eigenvalue weighted by Gasteiger charge is 2.36. The summed E-state index contributed by atoms with van der Waals surface area (Å²) in [5.74, 6) is 0.425. The van der Waals surface area contributed by atoms with Gasteiger partial charge in [-0.3, -0.25) is 0 Å². The van der Waals surface area contributed by atoms with Crippen molar-refractivity contribution in [3.8, 4) is 0 Å². The van der Waals surface area contributed by atoms with Gasteiger partial charge in [-0.1, -0.05) is 19.3 Å². The Labute approximate surface area is 117 Å². The third-order valence-electron chi connectivity index (χ3n) is 4.92. The molecular formula is C14H27NO3S. The van der Waals surface area contributed by atoms with Crippen molar-refractivity contribution in [3.63, 3.8) is 0 Å². The van der Waals surface area contributed by atoms with Gasteiger partial charge in [-0.25, -0.2) is 12.7 Å². The highest BCUT2D eigenvalue weighted by atomic mass is 32.2. The van der Waals surface area contributed by atoms with Crippen LogP contribution in [0.1, 0.15) is 51.4 Å². The number of hydrogen-bond donors (Lipinski definition) is 1. The fourth-order valence-corrected chi connectivity index (χ4v) is 4.78. The summed E-state index contributed by atoms with van der Waals surface area (Å²) in [5, 5.41) is 9.77. The van der Waals surface area contributed by atoms with Crippen LogP contribution in [0.4, 0.5) is 0 Å². The van der Waals surface area contributed by atoms with E-state index in [1.165, 1.54) is 25.5 Å². The quantitative estimate of drug-likeness (QED) is 0.861. The average molecular weight is 289 g/mol. The van der Waals surface area contributed by atoms with Gasteiger partial charge in [0.15, 0.2) is 0 Å². The molecule has 0 bridgehead atoms. The summed E-state index contributed by atoms with van der Waals surface area (Å²) in [4.78, 5) is 0. The molecule has 0 aromatic heterocycles. The van der Waals surface area contributed by atoms with Crippen molar-refractivity contribution >= 4 is 10.0 Å². The number of sulfonamides is 1. The van der Waals surface area contributed by atoms with E-state index in [2.05, 4.69) is 0 Å². The summed E-state index contributed by atoms with van der Waals surface area (Å²) in [6.07, 6.45) is 10.3. The minimum Gasteiger partial charge on any atom is -0.396 e. The molecule has 2 aliphatic rings. The van der Waals surface area contributed by atoms with Gasteiger partial charge in [0.25, 0.3) is 0 Å². The first-order valence-corrected chi connectivity index (χ1v) is 9.36. The second-order valence-electron chi connectivity index (χ2n) is 6.55. The summed E-state index contributed by atoms with van der Waals surface area (Å²) in [6, 6.07) is 0. The van der Waals surface area contributed by atoms with E-state index in [1.807, 2.05) is 0 Å². The zero-order valence-corrected chi connectivity index (χ0v) is 12.8. The SMILES string of the molecule is CS(=O)(=O)N1CCCC(CC2(CO)CCCCC2)C1. The first-order chi connectivity index (χ1) is 8.95. The Morgan fingerprint density at radius 1 is 1.21 bits per heavy atom. The Bertz CT molecular complexity index is 387. The van der Waals surface area contributed by atoms with Crippen molar-refractivity contribution in [2.45, 2.75) is 51.4 Å². The Hall–Kier alpha value is -0.130. The van der Waals surface area contributed by atoms with Crippen molar-refractivity contribution in [1.82, 2.24) is 4.31 Å². The Balaban J connectivity index is 1.97. The number of aliphatic hydroxyl groups excluding tert-OH is 1. The highest BCUT2D eigenvalue weighted by molar-refractivity contribution is 7.88. The second kappa shape index (κ2) is 6.10. The van der Waals surface area contributed by atoms with Crippen LogP contribution in [-0.2, 0) is 10.0 Å². The number of piperidine rings is 1. The average Bonchev–Trinajstić information content (AvgIpc) is 2.39. The van der Waals surface area contributed by atoms with Crippen molar-refractivity contribution in [2.24, 2.45) is 11.3 Å². The molecule has 5 heteroatoms. The van der Waals surface area contributed by atoms with Crippen molar-refractivity contribution < 1.29 is 13.5 Å². The van der Waals surface area contributed by atoms with Gasteiger partial charge in [0, 0.05) is 19.7 Å². The van der Waals surface area contributed by atoms with Crippen LogP contribution >= 0.6 is 0 Å². The molecule has 0 radical (unpaired) electrons. The van der Waals surface area contributed by atoms with Gasteiger partial charge >= 0.3 is 0 Å². The van der Waals surface area contributed by atoms with Gasteiger partial charge in [-0.15, -0.1) is 0 Å². The number of hydrogen-bond acceptors (Lipinski definition) is 3. The monoisotopic (exact) mass is 289 g/mol. The molecule has 1 atom stereocenters. The van der Waals surface area contributed by atoms with Crippen LogP contribution in [-0.4, -0.2) is 43.8 Å². The van der Waals surface area contributed by atoms with Crippen molar-refractivity contribution in [3.05, 3.63) is 0 Å². The molecule has 2 rings (SSSR count). The van der Waals surface area contributed by atoms with E-state index in [0.717, 1.165) is 32.1 Å². The summed E-state index contributed by atoms with van der Waals surface area (Å²) >= 11 is 0. The van der Waals surface area contributed by atoms with Crippen molar-refractivity contribution in [1.29, 1.82) is 0 Å². The van der Waals surface area contributed by atoms with Crippen LogP contribution < -0.4 is 0 Å². The fraction of sp³-hybridized carbons (Fsp3) is 1.00. The Kier molecular flexibility index (Phi) is 4.90. The van der Waals surface area contributed by atoms with Crippen LogP contribution in [0.15, 0.2) is 0 Å². The first kappa shape index (κ1) is 15.3. The first-order valence-electron chi connectivity index (χ1n) is 7.51. The molecule has 1 heterocycles. The van der Waals surface area contributed by atoms with Gasteiger partial charge in [-0.2, -0.15) is 0 Å². The molecule has 0 aromatic carbocycles. The predicted molar refractivity (Wildman–Crippen MR) is 76.4 cm³/mol. The van der Waals surface area contributed by atoms with Crippen LogP contribution in [0.25, 0.3) is 0 Å². The molecule has 112 valence electrons. The number of nitrogens with zero attached hydrogens (tertiary/aromatic N) is 1. The molecular weight excluding hydrogens is 262 g/mol. The van der Waals surface area contributed by atoms with Gasteiger partial charge in [0.2, 0.25) is 10.0 Å². The molecule has 19 heavy (non-hydrogen) atoms. The lowest BCUT2D eigenvalue weighted by molar-refractivity contribution is 0.0464. The van der Waals surface area contributed by atoms with Gasteiger partial charge in [0.05, 0.1) is 6.26 Å². The number of aliphatic hydroxyl groups is 1. The molecule has 1 aliphatic heterocycles. The summed E-state index contributed by atoms with van der Waals surface area (Å²) < 4.78 is 24.9. The third kappa shape index (κ3) is 3.92. The maximum Gasteiger partial charge on any atom is 0.211 e. The lowest BCUT2D eigenvalue weighted by Crippen LogP contribution is -2.42. The van der Waals surface area contributed by atoms with Crippen LogP contribution in [0.2, 0.25) is 0 Å². The van der Waals surface area contributed by atoms with E-state index >= 15 is 0 Å². The summed E-state index contributed by atoms with van der Waals surface area (Å²) in [6.45, 7) is 1.59. The molecule has 0 aromatic rings. The minimum absolute atomic E-state index is 0.0728. The normalized spacial score (nSPS) is 29.3. The summed E-state index contributed by atoms with van der Waals surface area (Å²) in [7, 11) is -3.06. The van der Waals surface area contributed by atoms with E-state index in [9.17, 15) is 13.5 Å². The molecule has 1 unspecified atom stereocenters. The maximum absolute atomic E-state index is 11.6. The van der Waals surface area contributed by atoms with Gasteiger partial charge < -0.3 is 5.11 Å². The standard InChI is InChI=1S/C14H27NO3S/c1-19(17,18)15-9-5-6-13(11-15)10-14(12-16)7-3-2-4-8-14/h13,16H,2-12H2,1H3. The van der Waals surface area contributed by atoms with Crippen LogP contribution in [0, 0.1) is 11.3 Å². The zero-order valence-electron chi connectivity index (χ0n) is 12.0. The lowest BCUT2D eigenvalue weighted by atomic mass is 9.68. The molecule has 0 spiro atoms. The van der Waals surface area contributed by atoms with Crippen LogP contribution in [0.5, 0.6) is 0 Å². The molecule has 0 amide bonds. The number of rotatable bonds is 4. The van der Waals surface area contributed by atoms with Crippen molar-refractivity contribution in [2.75, 3.05) is 26.0 Å². The highest BCUT2D eigenvalue weighted by Crippen LogP contribution is 2.42. The largest absolute Gasteiger partial charge is 0.396 e. The molecule has 1 N–H and O–H groups in total. The second-order valence-corrected chi connectivity index (χ2v) is 8.53. The molecule has 2 fully saturated rings. The molecule has 1 saturated heterocycles. The van der Waals surface area contributed by atoms with E-state index in [-0.39, 0.29) is 12.0 Å². The maximum atomic E-state index is 11.6. The Morgan fingerprint density at radius 2 is 1.89 bits per heavy atom. The molecule has 4 nitrogen and oxygen atoms in total. The summed E-state index contributed by atoms with van der Waals surface area (Å²) in [5.41, 5.74) is 0.0728. The topological polar surface area (TPSA) is 57.6 Å². The zero-order chi connectivity index (χ0) is 13.9. The lowest BCUT2D eigenvalue weighted by Gasteiger charge is -2.41. The third-order valence-corrected chi connectivity index (χ3v) is 6.19. The van der Waals surface area contributed by atoms with Crippen LogP contribution in [0.3, 0.4) is 0 Å². The van der Waals surface area contributed by atoms with E-state index in [4.69, 9.17) is 0 Å². The minimum atomic E-state index is -3.06. The fourth-order valence-electron chi connectivity index (χ4n) is 3.84. The van der Waals surface area contributed by atoms with E-state index in [1.54, 1.807) is 4.31 Å². The van der Waals surface area contributed by atoms with Gasteiger partial charge in [-0.05, 0) is 43.4 Å². The molecule has 1 aliphatic carbocycles. The molecule has 1 saturated carbocycles. The smallest absolute Gasteiger partial charge is 0.211 e. The van der Waals surface area contributed by atoms with E-state index in [0.29, 0.717) is 19.0 Å². The Morgan fingerprint density at radius 3 is 2.47 bits per heavy atom. The van der Waals surface area contributed by atoms with Gasteiger partial charge in [0.1, 0.15) is 0 Å². The predicted octanol–water partition coefficient (Wildman–Crippen LogP) is 1.99. The van der Waals surface area contributed by atoms with E-state index < -0.39 is 10.0 Å².